The first kappa shape index (κ1) is 23.2. The van der Waals surface area contributed by atoms with E-state index in [0.717, 1.165) is 17.7 Å². The molecule has 3 rings (SSSR count). The van der Waals surface area contributed by atoms with E-state index in [1.54, 1.807) is 12.1 Å². The molecule has 0 saturated carbocycles. The lowest BCUT2D eigenvalue weighted by Gasteiger charge is -2.26. The standard InChI is InChI=1S/C23H32N4O3S/c1-24-31(29,30)18-22-11-7-20(8-12-22)16-26-23(28)25-15-19-5-9-21(10-6-19)17-27-13-3-2-4-14-27/h5-12,24H,2-4,13-18H2,1H3,(H2,25,26,28). The van der Waals surface area contributed by atoms with Crippen LogP contribution in [0, 0.1) is 0 Å². The Hall–Kier alpha value is -2.42. The molecule has 168 valence electrons. The predicted octanol–water partition coefficient (Wildman–Crippen LogP) is 2.72. The van der Waals surface area contributed by atoms with Crippen LogP contribution in [0.2, 0.25) is 0 Å². The van der Waals surface area contributed by atoms with Crippen LogP contribution >= 0.6 is 0 Å². The molecule has 1 saturated heterocycles. The molecule has 3 N–H and O–H groups in total. The minimum absolute atomic E-state index is 0.0610. The Labute approximate surface area is 185 Å². The fourth-order valence-corrected chi connectivity index (χ4v) is 4.39. The summed E-state index contributed by atoms with van der Waals surface area (Å²) in [7, 11) is -1.89. The highest BCUT2D eigenvalue weighted by Crippen LogP contribution is 2.13. The number of hydrogen-bond acceptors (Lipinski definition) is 4. The summed E-state index contributed by atoms with van der Waals surface area (Å²) in [5, 5.41) is 5.70. The summed E-state index contributed by atoms with van der Waals surface area (Å²) in [6.07, 6.45) is 3.93. The van der Waals surface area contributed by atoms with Crippen molar-refractivity contribution in [2.75, 3.05) is 20.1 Å². The third-order valence-electron chi connectivity index (χ3n) is 5.47. The van der Waals surface area contributed by atoms with E-state index in [0.29, 0.717) is 18.7 Å². The summed E-state index contributed by atoms with van der Waals surface area (Å²) in [5.74, 6) is -0.0610. The van der Waals surface area contributed by atoms with Gasteiger partial charge in [0.05, 0.1) is 5.75 Å². The summed E-state index contributed by atoms with van der Waals surface area (Å²) in [5.41, 5.74) is 3.97. The molecule has 8 heteroatoms. The van der Waals surface area contributed by atoms with Gasteiger partial charge in [0.2, 0.25) is 10.0 Å². The van der Waals surface area contributed by atoms with Crippen LogP contribution in [-0.4, -0.2) is 39.5 Å². The van der Waals surface area contributed by atoms with Gasteiger partial charge in [0.25, 0.3) is 0 Å². The Morgan fingerprint density at radius 3 is 1.81 bits per heavy atom. The number of rotatable bonds is 9. The number of urea groups is 1. The first-order valence-electron chi connectivity index (χ1n) is 10.7. The Kier molecular flexibility index (Phi) is 8.45. The number of benzene rings is 2. The normalized spacial score (nSPS) is 14.9. The molecule has 2 aromatic rings. The maximum atomic E-state index is 12.1. The van der Waals surface area contributed by atoms with Crippen LogP contribution in [0.25, 0.3) is 0 Å². The first-order chi connectivity index (χ1) is 14.9. The number of sulfonamides is 1. The van der Waals surface area contributed by atoms with E-state index in [-0.39, 0.29) is 11.8 Å². The van der Waals surface area contributed by atoms with Gasteiger partial charge in [-0.3, -0.25) is 4.90 Å². The highest BCUT2D eigenvalue weighted by atomic mass is 32.2. The molecular formula is C23H32N4O3S. The molecule has 0 atom stereocenters. The third kappa shape index (κ3) is 7.97. The molecule has 0 aliphatic carbocycles. The van der Waals surface area contributed by atoms with Gasteiger partial charge in [-0.15, -0.1) is 0 Å². The average molecular weight is 445 g/mol. The topological polar surface area (TPSA) is 90.5 Å². The van der Waals surface area contributed by atoms with Crippen molar-refractivity contribution >= 4 is 16.1 Å². The van der Waals surface area contributed by atoms with Gasteiger partial charge in [-0.1, -0.05) is 55.0 Å². The van der Waals surface area contributed by atoms with Gasteiger partial charge in [-0.25, -0.2) is 17.9 Å². The van der Waals surface area contributed by atoms with E-state index in [4.69, 9.17) is 0 Å². The second kappa shape index (κ2) is 11.3. The van der Waals surface area contributed by atoms with Crippen molar-refractivity contribution < 1.29 is 13.2 Å². The molecule has 7 nitrogen and oxygen atoms in total. The van der Waals surface area contributed by atoms with Crippen LogP contribution in [0.1, 0.15) is 41.5 Å². The number of amides is 2. The zero-order chi connectivity index (χ0) is 22.1. The molecule has 1 aliphatic heterocycles. The lowest BCUT2D eigenvalue weighted by atomic mass is 10.1. The van der Waals surface area contributed by atoms with E-state index in [2.05, 4.69) is 44.5 Å². The maximum absolute atomic E-state index is 12.1. The Bertz CT molecular complexity index is 938. The summed E-state index contributed by atoms with van der Waals surface area (Å²) in [6.45, 7) is 4.20. The van der Waals surface area contributed by atoms with Gasteiger partial charge in [0, 0.05) is 19.6 Å². The molecule has 0 spiro atoms. The van der Waals surface area contributed by atoms with E-state index < -0.39 is 10.0 Å². The molecule has 0 aromatic heterocycles. The largest absolute Gasteiger partial charge is 0.334 e. The Morgan fingerprint density at radius 1 is 0.806 bits per heavy atom. The van der Waals surface area contributed by atoms with Crippen molar-refractivity contribution in [3.05, 3.63) is 70.8 Å². The molecule has 0 radical (unpaired) electrons. The van der Waals surface area contributed by atoms with E-state index >= 15 is 0 Å². The highest BCUT2D eigenvalue weighted by Gasteiger charge is 2.11. The number of hydrogen-bond donors (Lipinski definition) is 3. The SMILES string of the molecule is CNS(=O)(=O)Cc1ccc(CNC(=O)NCc2ccc(CN3CCCCC3)cc2)cc1. The van der Waals surface area contributed by atoms with Crippen molar-refractivity contribution in [1.82, 2.24) is 20.3 Å². The van der Waals surface area contributed by atoms with Crippen LogP contribution in [0.4, 0.5) is 4.79 Å². The highest BCUT2D eigenvalue weighted by molar-refractivity contribution is 7.88. The lowest BCUT2D eigenvalue weighted by Crippen LogP contribution is -2.34. The molecule has 1 fully saturated rings. The Morgan fingerprint density at radius 2 is 1.29 bits per heavy atom. The smallest absolute Gasteiger partial charge is 0.315 e. The second-order valence-corrected chi connectivity index (χ2v) is 9.90. The summed E-state index contributed by atoms with van der Waals surface area (Å²) in [6, 6.07) is 15.3. The number of piperidine rings is 1. The zero-order valence-electron chi connectivity index (χ0n) is 18.1. The van der Waals surface area contributed by atoms with Crippen LogP contribution in [0.3, 0.4) is 0 Å². The average Bonchev–Trinajstić information content (AvgIpc) is 2.78. The van der Waals surface area contributed by atoms with E-state index in [1.165, 1.54) is 45.0 Å². The number of likely N-dealkylation sites (tertiary alicyclic amines) is 1. The molecule has 2 amide bonds. The van der Waals surface area contributed by atoms with Crippen LogP contribution in [0.5, 0.6) is 0 Å². The second-order valence-electron chi connectivity index (χ2n) is 7.97. The number of nitrogens with zero attached hydrogens (tertiary/aromatic N) is 1. The number of nitrogens with one attached hydrogen (secondary N) is 3. The molecule has 0 bridgehead atoms. The summed E-state index contributed by atoms with van der Waals surface area (Å²) < 4.78 is 25.5. The van der Waals surface area contributed by atoms with Crippen LogP contribution in [-0.2, 0) is 35.4 Å². The van der Waals surface area contributed by atoms with Gasteiger partial charge in [0.1, 0.15) is 0 Å². The van der Waals surface area contributed by atoms with Gasteiger partial charge in [-0.05, 0) is 55.2 Å². The number of carbonyl (C=O) groups is 1. The van der Waals surface area contributed by atoms with Gasteiger partial charge >= 0.3 is 6.03 Å². The van der Waals surface area contributed by atoms with Crippen LogP contribution in [0.15, 0.2) is 48.5 Å². The fraction of sp³-hybridized carbons (Fsp3) is 0.435. The minimum Gasteiger partial charge on any atom is -0.334 e. The fourth-order valence-electron chi connectivity index (χ4n) is 3.61. The minimum atomic E-state index is -3.29. The van der Waals surface area contributed by atoms with Gasteiger partial charge in [0.15, 0.2) is 0 Å². The molecule has 1 aliphatic rings. The van der Waals surface area contributed by atoms with Crippen molar-refractivity contribution in [1.29, 1.82) is 0 Å². The quantitative estimate of drug-likeness (QED) is 0.555. The van der Waals surface area contributed by atoms with Crippen molar-refractivity contribution in [2.24, 2.45) is 0 Å². The van der Waals surface area contributed by atoms with Crippen molar-refractivity contribution in [3.63, 3.8) is 0 Å². The van der Waals surface area contributed by atoms with E-state index in [9.17, 15) is 13.2 Å². The van der Waals surface area contributed by atoms with Crippen molar-refractivity contribution in [3.8, 4) is 0 Å². The number of carbonyl (C=O) groups excluding carboxylic acids is 1. The lowest BCUT2D eigenvalue weighted by molar-refractivity contribution is 0.221. The molecule has 0 unspecified atom stereocenters. The zero-order valence-corrected chi connectivity index (χ0v) is 18.9. The maximum Gasteiger partial charge on any atom is 0.315 e. The summed E-state index contributed by atoms with van der Waals surface area (Å²) >= 11 is 0. The van der Waals surface area contributed by atoms with Crippen LogP contribution < -0.4 is 15.4 Å². The first-order valence-corrected chi connectivity index (χ1v) is 12.4. The van der Waals surface area contributed by atoms with Gasteiger partial charge < -0.3 is 10.6 Å². The molecule has 31 heavy (non-hydrogen) atoms. The predicted molar refractivity (Wildman–Crippen MR) is 123 cm³/mol. The molecule has 2 aromatic carbocycles. The molecule has 1 heterocycles. The van der Waals surface area contributed by atoms with Crippen molar-refractivity contribution in [2.45, 2.75) is 44.6 Å². The monoisotopic (exact) mass is 444 g/mol. The Balaban J connectivity index is 1.39. The molecular weight excluding hydrogens is 412 g/mol. The summed E-state index contributed by atoms with van der Waals surface area (Å²) in [4.78, 5) is 14.6. The van der Waals surface area contributed by atoms with Gasteiger partial charge in [-0.2, -0.15) is 0 Å². The third-order valence-corrected chi connectivity index (χ3v) is 6.81. The van der Waals surface area contributed by atoms with E-state index in [1.807, 2.05) is 12.1 Å².